The Morgan fingerprint density at radius 3 is 1.79 bits per heavy atom. The molecule has 1 saturated heterocycles. The predicted molar refractivity (Wildman–Crippen MR) is 166 cm³/mol. The van der Waals surface area contributed by atoms with Gasteiger partial charge < -0.3 is 25.6 Å². The minimum Gasteiger partial charge on any atom is -0.451 e. The topological polar surface area (TPSA) is 134 Å². The normalized spacial score (nSPS) is 24.9. The van der Waals surface area contributed by atoms with Crippen LogP contribution in [-0.2, 0) is 35.1 Å². The van der Waals surface area contributed by atoms with Gasteiger partial charge in [0, 0.05) is 13.5 Å². The van der Waals surface area contributed by atoms with Crippen molar-refractivity contribution in [3.63, 3.8) is 0 Å². The van der Waals surface area contributed by atoms with E-state index in [9.17, 15) is 24.0 Å². The summed E-state index contributed by atoms with van der Waals surface area (Å²) in [4.78, 5) is 69.9. The molecule has 0 saturated carbocycles. The van der Waals surface area contributed by atoms with Gasteiger partial charge in [0.1, 0.15) is 24.2 Å². The molecule has 43 heavy (non-hydrogen) atoms. The number of amides is 4. The molecule has 1 unspecified atom stereocenters. The van der Waals surface area contributed by atoms with Crippen LogP contribution in [0.3, 0.4) is 0 Å². The third-order valence-corrected chi connectivity index (χ3v) is 7.50. The maximum atomic E-state index is 13.9. The highest BCUT2D eigenvalue weighted by molar-refractivity contribution is 5.96. The number of rotatable bonds is 9. The van der Waals surface area contributed by atoms with Crippen molar-refractivity contribution in [2.45, 2.75) is 111 Å². The minimum atomic E-state index is -1.16. The molecule has 10 heteroatoms. The summed E-state index contributed by atoms with van der Waals surface area (Å²) in [7, 11) is 1.53. The van der Waals surface area contributed by atoms with Crippen LogP contribution < -0.4 is 16.0 Å². The minimum absolute atomic E-state index is 0.000613. The van der Waals surface area contributed by atoms with Gasteiger partial charge in [-0.3, -0.25) is 19.2 Å². The molecule has 0 spiro atoms. The summed E-state index contributed by atoms with van der Waals surface area (Å²) in [6.45, 7) is 15.2. The maximum Gasteiger partial charge on any atom is 0.329 e. The third kappa shape index (κ3) is 11.0. The second-order valence-electron chi connectivity index (χ2n) is 13.3. The third-order valence-electron chi connectivity index (χ3n) is 7.50. The molecule has 0 radical (unpaired) electrons. The van der Waals surface area contributed by atoms with E-state index in [1.807, 2.05) is 85.7 Å². The average molecular weight is 601 g/mol. The largest absolute Gasteiger partial charge is 0.451 e. The lowest BCUT2D eigenvalue weighted by molar-refractivity contribution is -0.164. The second kappa shape index (κ2) is 16.4. The van der Waals surface area contributed by atoms with Gasteiger partial charge in [-0.1, -0.05) is 85.7 Å². The molecule has 3 N–H and O–H groups in total. The molecule has 240 valence electrons. The number of ether oxygens (including phenoxy) is 1. The Kier molecular flexibility index (Phi) is 13.7. The SMILES string of the molecule is CC(C)CC1OC(=O)[C@H](Cc2ccccc2)NC(=O)[C@H](CC(C)C)NC(=O)[C@H](C(C)C)NC(=O)[C@H](CC(C)C)N(C)C1=O. The van der Waals surface area contributed by atoms with Crippen LogP contribution in [0.5, 0.6) is 0 Å². The molecule has 0 bridgehead atoms. The van der Waals surface area contributed by atoms with Crippen molar-refractivity contribution in [1.29, 1.82) is 0 Å². The highest BCUT2D eigenvalue weighted by Gasteiger charge is 2.39. The van der Waals surface area contributed by atoms with E-state index in [1.165, 1.54) is 11.9 Å². The fraction of sp³-hybridized carbons (Fsp3) is 0.667. The molecular weight excluding hydrogens is 548 g/mol. The molecule has 1 aromatic carbocycles. The summed E-state index contributed by atoms with van der Waals surface area (Å²) < 4.78 is 5.87. The van der Waals surface area contributed by atoms with Gasteiger partial charge in [0.2, 0.25) is 17.7 Å². The van der Waals surface area contributed by atoms with Crippen molar-refractivity contribution in [3.05, 3.63) is 35.9 Å². The van der Waals surface area contributed by atoms with Crippen LogP contribution in [-0.4, -0.2) is 71.8 Å². The Hall–Kier alpha value is -3.43. The molecule has 10 nitrogen and oxygen atoms in total. The number of hydrogen-bond acceptors (Lipinski definition) is 6. The van der Waals surface area contributed by atoms with Gasteiger partial charge in [-0.05, 0) is 48.5 Å². The Labute approximate surface area is 257 Å². The molecule has 1 aliphatic rings. The number of hydrogen-bond donors (Lipinski definition) is 3. The fourth-order valence-electron chi connectivity index (χ4n) is 5.18. The van der Waals surface area contributed by atoms with Crippen molar-refractivity contribution in [3.8, 4) is 0 Å². The number of cyclic esters (lactones) is 1. The van der Waals surface area contributed by atoms with Crippen molar-refractivity contribution in [1.82, 2.24) is 20.9 Å². The number of nitrogens with one attached hydrogen (secondary N) is 3. The second-order valence-corrected chi connectivity index (χ2v) is 13.3. The molecule has 1 aliphatic heterocycles. The number of carbonyl (C=O) groups excluding carboxylic acids is 5. The van der Waals surface area contributed by atoms with E-state index in [0.717, 1.165) is 5.56 Å². The molecule has 2 rings (SSSR count). The van der Waals surface area contributed by atoms with E-state index in [2.05, 4.69) is 16.0 Å². The molecule has 4 amide bonds. The zero-order chi connectivity index (χ0) is 32.4. The summed E-state index contributed by atoms with van der Waals surface area (Å²) in [5.41, 5.74) is 0.794. The van der Waals surface area contributed by atoms with E-state index in [-0.39, 0.29) is 36.5 Å². The first-order valence-corrected chi connectivity index (χ1v) is 15.5. The molecule has 0 aromatic heterocycles. The molecule has 1 aromatic rings. The lowest BCUT2D eigenvalue weighted by atomic mass is 9.97. The van der Waals surface area contributed by atoms with Crippen molar-refractivity contribution in [2.75, 3.05) is 7.05 Å². The van der Waals surface area contributed by atoms with Gasteiger partial charge >= 0.3 is 5.97 Å². The van der Waals surface area contributed by atoms with Gasteiger partial charge in [-0.2, -0.15) is 0 Å². The fourth-order valence-corrected chi connectivity index (χ4v) is 5.18. The summed E-state index contributed by atoms with van der Waals surface area (Å²) in [6, 6.07) is 5.31. The Balaban J connectivity index is 2.65. The van der Waals surface area contributed by atoms with E-state index in [1.54, 1.807) is 0 Å². The average Bonchev–Trinajstić information content (AvgIpc) is 2.91. The van der Waals surface area contributed by atoms with Gasteiger partial charge in [0.25, 0.3) is 5.91 Å². The van der Waals surface area contributed by atoms with E-state index < -0.39 is 59.9 Å². The number of likely N-dealkylation sites (N-methyl/N-ethyl adjacent to an activating group) is 1. The molecule has 5 atom stereocenters. The molecule has 1 fully saturated rings. The number of benzene rings is 1. The lowest BCUT2D eigenvalue weighted by Crippen LogP contribution is -2.59. The van der Waals surface area contributed by atoms with Gasteiger partial charge in [0.15, 0.2) is 6.10 Å². The van der Waals surface area contributed by atoms with Crippen LogP contribution in [0.25, 0.3) is 0 Å². The first-order valence-electron chi connectivity index (χ1n) is 15.5. The smallest absolute Gasteiger partial charge is 0.329 e. The van der Waals surface area contributed by atoms with Crippen LogP contribution in [0.2, 0.25) is 0 Å². The van der Waals surface area contributed by atoms with E-state index in [0.29, 0.717) is 12.8 Å². The summed E-state index contributed by atoms with van der Waals surface area (Å²) in [5.74, 6) is -2.98. The Morgan fingerprint density at radius 1 is 0.698 bits per heavy atom. The Morgan fingerprint density at radius 2 is 1.26 bits per heavy atom. The lowest BCUT2D eigenvalue weighted by Gasteiger charge is -2.33. The summed E-state index contributed by atoms with van der Waals surface area (Å²) in [5, 5.41) is 8.49. The molecule has 1 heterocycles. The maximum absolute atomic E-state index is 13.9. The van der Waals surface area contributed by atoms with Gasteiger partial charge in [-0.25, -0.2) is 4.79 Å². The number of nitrogens with zero attached hydrogens (tertiary/aromatic N) is 1. The first kappa shape index (κ1) is 35.8. The molecular formula is C33H52N4O6. The highest BCUT2D eigenvalue weighted by Crippen LogP contribution is 2.19. The van der Waals surface area contributed by atoms with Crippen LogP contribution in [0.15, 0.2) is 30.3 Å². The monoisotopic (exact) mass is 600 g/mol. The Bertz CT molecular complexity index is 1100. The quantitative estimate of drug-likeness (QED) is 0.373. The van der Waals surface area contributed by atoms with Crippen LogP contribution in [0, 0.1) is 23.7 Å². The van der Waals surface area contributed by atoms with Crippen molar-refractivity contribution in [2.24, 2.45) is 23.7 Å². The van der Waals surface area contributed by atoms with E-state index in [4.69, 9.17) is 4.74 Å². The van der Waals surface area contributed by atoms with Gasteiger partial charge in [-0.15, -0.1) is 0 Å². The van der Waals surface area contributed by atoms with Crippen LogP contribution in [0.1, 0.15) is 80.2 Å². The number of carbonyl (C=O) groups is 5. The van der Waals surface area contributed by atoms with E-state index >= 15 is 0 Å². The summed E-state index contributed by atoms with van der Waals surface area (Å²) >= 11 is 0. The van der Waals surface area contributed by atoms with Crippen LogP contribution >= 0.6 is 0 Å². The van der Waals surface area contributed by atoms with Crippen molar-refractivity contribution >= 4 is 29.6 Å². The summed E-state index contributed by atoms with van der Waals surface area (Å²) in [6.07, 6.45) is -0.128. The highest BCUT2D eigenvalue weighted by atomic mass is 16.5. The standard InChI is InChI=1S/C33H52N4O6/c1-19(2)15-24-29(38)35-25(18-23-13-11-10-12-14-23)33(42)43-27(17-21(5)6)32(41)37(9)26(16-20(3)4)30(39)36-28(22(7)8)31(40)34-24/h10-14,19-22,24-28H,15-18H2,1-9H3,(H,34,40)(H,35,38)(H,36,39)/t24-,25-,26-,27?,28-/m0/s1. The predicted octanol–water partition coefficient (Wildman–Crippen LogP) is 3.23. The van der Waals surface area contributed by atoms with Crippen molar-refractivity contribution < 1.29 is 28.7 Å². The molecule has 0 aliphatic carbocycles. The zero-order valence-corrected chi connectivity index (χ0v) is 27.3. The zero-order valence-electron chi connectivity index (χ0n) is 27.3. The van der Waals surface area contributed by atoms with Gasteiger partial charge in [0.05, 0.1) is 0 Å². The van der Waals surface area contributed by atoms with Crippen LogP contribution in [0.4, 0.5) is 0 Å². The first-order chi connectivity index (χ1) is 20.1. The number of esters is 1.